The maximum Gasteiger partial charge on any atom is 0.252 e. The summed E-state index contributed by atoms with van der Waals surface area (Å²) >= 11 is 45.0. The molecule has 0 N–H and O–H groups in total. The first kappa shape index (κ1) is 85.9. The average molecular weight is 1900 g/mol. The first-order valence-corrected chi connectivity index (χ1v) is 42.8. The van der Waals surface area contributed by atoms with E-state index in [2.05, 4.69) is 288 Å². The summed E-state index contributed by atoms with van der Waals surface area (Å²) < 4.78 is 2.22. The van der Waals surface area contributed by atoms with Crippen molar-refractivity contribution in [3.8, 4) is 89.0 Å². The Labute approximate surface area is 757 Å². The zero-order valence-corrected chi connectivity index (χ0v) is 73.5. The van der Waals surface area contributed by atoms with Gasteiger partial charge in [0.25, 0.3) is 5.24 Å². The molecule has 0 unspecified atom stereocenters. The van der Waals surface area contributed by atoms with E-state index in [1.165, 1.54) is 91.9 Å². The molecule has 0 spiro atoms. The van der Waals surface area contributed by atoms with Gasteiger partial charge in [0.2, 0.25) is 0 Å². The summed E-state index contributed by atoms with van der Waals surface area (Å²) in [6.45, 7) is 4.45. The normalized spacial score (nSPS) is 10.5. The Morgan fingerprint density at radius 2 is 0.513 bits per heavy atom. The Morgan fingerprint density at radius 1 is 0.235 bits per heavy atom. The molecule has 0 aliphatic heterocycles. The van der Waals surface area contributed by atoms with Crippen LogP contribution in [0.4, 0.5) is 0 Å². The van der Waals surface area contributed by atoms with Crippen LogP contribution in [0, 0.1) is 7.14 Å². The second kappa shape index (κ2) is 42.6. The van der Waals surface area contributed by atoms with E-state index in [0.717, 1.165) is 52.6 Å². The van der Waals surface area contributed by atoms with Crippen molar-refractivity contribution < 1.29 is 9.59 Å². The molecule has 0 bridgehead atoms. The number of hydrogen-bond donors (Lipinski definition) is 0. The third-order valence-corrected chi connectivity index (χ3v) is 24.4. The number of hydrogen-bond acceptors (Lipinski definition) is 2. The van der Waals surface area contributed by atoms with Gasteiger partial charge in [-0.05, 0) is 275 Å². The maximum absolute atomic E-state index is 13.5. The molecule has 18 rings (SSSR count). The molecule has 0 amide bonds. The number of rotatable bonds is 13. The van der Waals surface area contributed by atoms with Crippen molar-refractivity contribution in [2.75, 3.05) is 0 Å². The van der Waals surface area contributed by atoms with Crippen LogP contribution >= 0.6 is 126 Å². The van der Waals surface area contributed by atoms with Crippen molar-refractivity contribution in [3.05, 3.63) is 502 Å². The molecule has 0 aliphatic rings. The van der Waals surface area contributed by atoms with E-state index < -0.39 is 5.24 Å². The number of benzene rings is 18. The molecule has 0 saturated heterocycles. The van der Waals surface area contributed by atoms with Crippen LogP contribution in [0.3, 0.4) is 0 Å². The molecule has 119 heavy (non-hydrogen) atoms. The molecular formula is C108H73Cl7I2O2. The van der Waals surface area contributed by atoms with Crippen molar-refractivity contribution in [1.29, 1.82) is 0 Å². The molecule has 11 heteroatoms. The lowest BCUT2D eigenvalue weighted by Crippen LogP contribution is -2.06. The van der Waals surface area contributed by atoms with Crippen LogP contribution in [0.25, 0.3) is 116 Å². The minimum atomic E-state index is -0.461. The minimum Gasteiger partial charge on any atom is -0.289 e. The molecule has 0 atom stereocenters. The molecule has 0 heterocycles. The lowest BCUT2D eigenvalue weighted by atomic mass is 9.85. The van der Waals surface area contributed by atoms with Gasteiger partial charge in [-0.3, -0.25) is 9.59 Å². The molecule has 2 nitrogen and oxygen atoms in total. The predicted octanol–water partition coefficient (Wildman–Crippen LogP) is 34.6. The zero-order valence-electron chi connectivity index (χ0n) is 63.9. The van der Waals surface area contributed by atoms with Crippen LogP contribution in [-0.2, 0) is 0 Å². The Balaban J connectivity index is 0.000000128. The van der Waals surface area contributed by atoms with Gasteiger partial charge in [-0.25, -0.2) is 0 Å². The lowest BCUT2D eigenvalue weighted by Gasteiger charge is -2.18. The van der Waals surface area contributed by atoms with E-state index in [1.54, 1.807) is 48.5 Å². The third kappa shape index (κ3) is 22.3. The molecule has 0 saturated carbocycles. The van der Waals surface area contributed by atoms with Gasteiger partial charge in [0, 0.05) is 40.4 Å². The second-order valence-electron chi connectivity index (χ2n) is 27.2. The third-order valence-electron chi connectivity index (χ3n) is 19.6. The molecule has 0 radical (unpaired) electrons. The van der Waals surface area contributed by atoms with E-state index in [0.29, 0.717) is 36.8 Å². The average Bonchev–Trinajstić information content (AvgIpc) is 0.745. The summed E-state index contributed by atoms with van der Waals surface area (Å²) in [5.41, 5.74) is 23.6. The molecule has 0 aliphatic carbocycles. The van der Waals surface area contributed by atoms with Gasteiger partial charge in [-0.1, -0.05) is 416 Å². The van der Waals surface area contributed by atoms with Gasteiger partial charge in [-0.2, -0.15) is 0 Å². The van der Waals surface area contributed by atoms with Crippen molar-refractivity contribution in [2.24, 2.45) is 0 Å². The predicted molar refractivity (Wildman–Crippen MR) is 527 cm³/mol. The lowest BCUT2D eigenvalue weighted by molar-refractivity contribution is 0.103. The number of ketones is 1. The second-order valence-corrected chi connectivity index (χ2v) is 32.3. The van der Waals surface area contributed by atoms with E-state index in [9.17, 15) is 9.59 Å². The van der Waals surface area contributed by atoms with Gasteiger partial charge < -0.3 is 0 Å². The van der Waals surface area contributed by atoms with Crippen molar-refractivity contribution in [3.63, 3.8) is 0 Å². The molecule has 0 fully saturated rings. The highest BCUT2D eigenvalue weighted by atomic mass is 127. The first-order chi connectivity index (χ1) is 58.1. The quantitative estimate of drug-likeness (QED) is 0.0379. The van der Waals surface area contributed by atoms with Crippen LogP contribution in [0.1, 0.15) is 37.4 Å². The highest BCUT2D eigenvalue weighted by Crippen LogP contribution is 2.44. The van der Waals surface area contributed by atoms with E-state index >= 15 is 0 Å². The van der Waals surface area contributed by atoms with Gasteiger partial charge in [0.1, 0.15) is 0 Å². The fourth-order valence-corrected chi connectivity index (χ4v) is 16.2. The van der Waals surface area contributed by atoms with Crippen LogP contribution in [-0.4, -0.2) is 11.0 Å². The Kier molecular flexibility index (Phi) is 30.8. The molecule has 0 aromatic heterocycles. The highest BCUT2D eigenvalue weighted by molar-refractivity contribution is 14.1. The summed E-state index contributed by atoms with van der Waals surface area (Å²) in [6, 6.07) is 144. The highest BCUT2D eigenvalue weighted by Gasteiger charge is 2.22. The Bertz CT molecular complexity index is 6070. The van der Waals surface area contributed by atoms with Crippen LogP contribution < -0.4 is 0 Å². The zero-order chi connectivity index (χ0) is 83.0. The molecular weight excluding hydrogens is 1830 g/mol. The minimum absolute atomic E-state index is 0.00928. The first-order valence-electron chi connectivity index (χ1n) is 38.0. The summed E-state index contributed by atoms with van der Waals surface area (Å²) in [6.07, 6.45) is 0. The van der Waals surface area contributed by atoms with Gasteiger partial charge in [0.05, 0.1) is 13.6 Å². The fraction of sp³-hybridized carbons (Fsp3) is 0. The maximum atomic E-state index is 13.5. The summed E-state index contributed by atoms with van der Waals surface area (Å²) in [5.74, 6) is -0.00928. The number of halogens is 9. The standard InChI is InChI=1S/C26H17Cl.C26H19Cl.C25H17ClO.C18H13I.C7H4Cl2O.C6H3Cl2I/c27-21-15-13-19(14-16-21)25-17-20-9-4-5-10-22(20)24-12-6-11-23(26(24)25)18-7-2-1-3-8-18;1-19(20-15-17-23(27)18-16-20)26-24(21-9-4-2-5-10-21)13-8-14-25(26)22-11-6-3-7-12-22;26-21-16-14-20(15-17-21)25(27)24-22(18-8-3-1-4-9-18)12-7-13-23(24)19-10-5-2-6-11-19;19-18-16(14-8-3-1-4-9-14)12-7-13-17(18)15-10-5-2-6-11-15;8-6-3-1-5(2-4-6)7(9)10;7-4-2-1-3-5(8)6(4)9/h1-17H;2-18H,1H2;1-17H;1-13H;1-4H;1-3H. The Morgan fingerprint density at radius 3 is 0.891 bits per heavy atom. The van der Waals surface area contributed by atoms with E-state index in [-0.39, 0.29) is 5.78 Å². The van der Waals surface area contributed by atoms with Crippen molar-refractivity contribution in [1.82, 2.24) is 0 Å². The molecule has 18 aromatic rings. The number of fused-ring (bicyclic) bond motifs is 3. The largest absolute Gasteiger partial charge is 0.289 e. The van der Waals surface area contributed by atoms with Crippen LogP contribution in [0.15, 0.2) is 437 Å². The monoisotopic (exact) mass is 1900 g/mol. The molecule has 18 aromatic carbocycles. The van der Waals surface area contributed by atoms with Crippen molar-refractivity contribution >= 4 is 165 Å². The van der Waals surface area contributed by atoms with Gasteiger partial charge in [-0.15, -0.1) is 0 Å². The van der Waals surface area contributed by atoms with Crippen molar-refractivity contribution in [2.45, 2.75) is 0 Å². The van der Waals surface area contributed by atoms with Gasteiger partial charge in [0.15, 0.2) is 5.78 Å². The van der Waals surface area contributed by atoms with Crippen LogP contribution in [0.2, 0.25) is 30.1 Å². The number of carbonyl (C=O) groups excluding carboxylic acids is 2. The smallest absolute Gasteiger partial charge is 0.252 e. The molecule has 580 valence electrons. The number of carbonyl (C=O) groups is 2. The summed E-state index contributed by atoms with van der Waals surface area (Å²) in [5, 5.41) is 8.75. The SMILES string of the molecule is C=C(c1ccc(Cl)cc1)c1c(-c2ccccc2)cccc1-c1ccccc1.Clc1ccc(-c2cc3ccccc3c3cccc(-c4ccccc4)c23)cc1.Clc1cccc(Cl)c1I.Ic1c(-c2ccccc2)cccc1-c1ccccc1.O=C(Cl)c1ccc(Cl)cc1.O=C(c1ccc(Cl)cc1)c1c(-c2ccccc2)cccc1-c1ccccc1. The van der Waals surface area contributed by atoms with Gasteiger partial charge >= 0.3 is 0 Å². The topological polar surface area (TPSA) is 34.1 Å². The van der Waals surface area contributed by atoms with E-state index in [1.807, 2.05) is 146 Å². The Hall–Kier alpha value is -11.0. The van der Waals surface area contributed by atoms with Crippen LogP contribution in [0.5, 0.6) is 0 Å². The summed E-state index contributed by atoms with van der Waals surface area (Å²) in [4.78, 5) is 24.0. The summed E-state index contributed by atoms with van der Waals surface area (Å²) in [7, 11) is 0. The van der Waals surface area contributed by atoms with E-state index in [4.69, 9.17) is 81.2 Å². The fourth-order valence-electron chi connectivity index (χ4n) is 13.8.